The van der Waals surface area contributed by atoms with Gasteiger partial charge in [0.1, 0.15) is 35.2 Å². The Bertz CT molecular complexity index is 2160. The highest BCUT2D eigenvalue weighted by atomic mass is 16.7. The molecule has 2 aliphatic heterocycles. The fraction of sp³-hybridized carbons (Fsp3) is 0.346. The van der Waals surface area contributed by atoms with Gasteiger partial charge in [-0.2, -0.15) is 0 Å². The summed E-state index contributed by atoms with van der Waals surface area (Å²) in [5.74, 6) is -1.61. The Balaban J connectivity index is 0.862. The molecule has 358 valence electrons. The fourth-order valence-electron chi connectivity index (χ4n) is 7.03. The van der Waals surface area contributed by atoms with Crippen molar-refractivity contribution < 1.29 is 76.1 Å². The summed E-state index contributed by atoms with van der Waals surface area (Å²) in [4.78, 5) is 73.9. The molecular weight excluding hydrogens is 881 g/mol. The third-order valence-corrected chi connectivity index (χ3v) is 10.7. The van der Waals surface area contributed by atoms with Gasteiger partial charge in [-0.25, -0.2) is 28.8 Å². The van der Waals surface area contributed by atoms with Gasteiger partial charge in [0, 0.05) is 12.2 Å². The standard InChI is InChI=1S/C52H54O16/c1-3-45(53)61-31-11-7-5-9-29-59-39-21-13-35(14-22-39)49(55)65-41-25-17-37(18-26-41)51(57)67-43-33-63-48-44(34-64-47(43)48)68-52(58)38-19-27-42(28-20-38)66-50(56)36-15-23-40(24-16-36)60-30-10-6-8-12-32-62-46(54)4-2/h3-4,13-28,43-44,47-48H,1-2,5-12,29-34H2/t43-,44+,47-,48-/m1/s1. The fourth-order valence-corrected chi connectivity index (χ4v) is 7.03. The van der Waals surface area contributed by atoms with Gasteiger partial charge in [-0.05, 0) is 148 Å². The molecule has 0 aromatic heterocycles. The number of hydrogen-bond donors (Lipinski definition) is 0. The van der Waals surface area contributed by atoms with Crippen molar-refractivity contribution in [1.29, 1.82) is 0 Å². The predicted octanol–water partition coefficient (Wildman–Crippen LogP) is 8.01. The van der Waals surface area contributed by atoms with E-state index >= 15 is 0 Å². The van der Waals surface area contributed by atoms with Crippen molar-refractivity contribution in [2.24, 2.45) is 0 Å². The van der Waals surface area contributed by atoms with Crippen LogP contribution in [0.15, 0.2) is 122 Å². The number of carbonyl (C=O) groups excluding carboxylic acids is 6. The van der Waals surface area contributed by atoms with Crippen molar-refractivity contribution in [3.05, 3.63) is 145 Å². The summed E-state index contributed by atoms with van der Waals surface area (Å²) in [5, 5.41) is 0. The summed E-state index contributed by atoms with van der Waals surface area (Å²) in [7, 11) is 0. The lowest BCUT2D eigenvalue weighted by molar-refractivity contribution is -0.138. The molecule has 2 heterocycles. The van der Waals surface area contributed by atoms with Gasteiger partial charge in [0.15, 0.2) is 12.2 Å². The third-order valence-electron chi connectivity index (χ3n) is 10.7. The van der Waals surface area contributed by atoms with Crippen molar-refractivity contribution in [1.82, 2.24) is 0 Å². The minimum Gasteiger partial charge on any atom is -0.494 e. The van der Waals surface area contributed by atoms with Gasteiger partial charge in [0.2, 0.25) is 0 Å². The van der Waals surface area contributed by atoms with Crippen LogP contribution in [0.4, 0.5) is 0 Å². The normalized spacial score (nSPS) is 16.9. The first-order valence-electron chi connectivity index (χ1n) is 22.4. The van der Waals surface area contributed by atoms with Crippen LogP contribution in [0.3, 0.4) is 0 Å². The first-order valence-corrected chi connectivity index (χ1v) is 22.4. The molecule has 16 heteroatoms. The molecule has 2 fully saturated rings. The Morgan fingerprint density at radius 1 is 0.426 bits per heavy atom. The molecule has 4 aromatic carbocycles. The van der Waals surface area contributed by atoms with Crippen molar-refractivity contribution in [3.8, 4) is 23.0 Å². The lowest BCUT2D eigenvalue weighted by Crippen LogP contribution is -2.36. The minimum atomic E-state index is -0.761. The Labute approximate surface area is 394 Å². The summed E-state index contributed by atoms with van der Waals surface area (Å²) in [5.41, 5.74) is 1.06. The van der Waals surface area contributed by atoms with E-state index in [9.17, 15) is 28.8 Å². The molecule has 0 unspecified atom stereocenters. The summed E-state index contributed by atoms with van der Waals surface area (Å²) in [6.45, 7) is 8.52. The van der Waals surface area contributed by atoms with Crippen LogP contribution in [0.5, 0.6) is 23.0 Å². The molecule has 0 aliphatic carbocycles. The van der Waals surface area contributed by atoms with Gasteiger partial charge >= 0.3 is 35.8 Å². The smallest absolute Gasteiger partial charge is 0.343 e. The zero-order valence-electron chi connectivity index (χ0n) is 37.5. The first kappa shape index (κ1) is 50.1. The van der Waals surface area contributed by atoms with Crippen LogP contribution in [0, 0.1) is 0 Å². The highest BCUT2D eigenvalue weighted by molar-refractivity contribution is 5.93. The van der Waals surface area contributed by atoms with Gasteiger partial charge in [0.25, 0.3) is 0 Å². The monoisotopic (exact) mass is 934 g/mol. The van der Waals surface area contributed by atoms with Gasteiger partial charge in [-0.3, -0.25) is 0 Å². The number of rotatable bonds is 26. The SMILES string of the molecule is C=CC(=O)OCCCCCCOc1ccc(C(=O)Oc2ccc(C(=O)O[C@H]3CO[C@H]4[C@@H]3OC[C@H]4OC(=O)c3ccc(OC(=O)c4ccc(OCCCCCCOC(=O)C=C)cc4)cc3)cc2)cc1. The van der Waals surface area contributed by atoms with E-state index in [1.54, 1.807) is 48.5 Å². The molecule has 6 rings (SSSR count). The van der Waals surface area contributed by atoms with E-state index in [1.807, 2.05) is 0 Å². The number of unbranched alkanes of at least 4 members (excludes halogenated alkanes) is 6. The van der Waals surface area contributed by atoms with E-state index < -0.39 is 60.2 Å². The van der Waals surface area contributed by atoms with Crippen LogP contribution in [-0.2, 0) is 38.0 Å². The van der Waals surface area contributed by atoms with E-state index in [1.165, 1.54) is 48.5 Å². The van der Waals surface area contributed by atoms with E-state index in [2.05, 4.69) is 13.2 Å². The number of fused-ring (bicyclic) bond motifs is 1. The van der Waals surface area contributed by atoms with E-state index in [4.69, 9.17) is 47.4 Å². The van der Waals surface area contributed by atoms with Crippen molar-refractivity contribution in [2.75, 3.05) is 39.6 Å². The third kappa shape index (κ3) is 15.4. The molecule has 0 saturated carbocycles. The summed E-state index contributed by atoms with van der Waals surface area (Å²) in [6.07, 6.45) is 6.26. The topological polar surface area (TPSA) is 195 Å². The largest absolute Gasteiger partial charge is 0.494 e. The van der Waals surface area contributed by atoms with Crippen LogP contribution in [0.1, 0.15) is 92.8 Å². The Morgan fingerprint density at radius 2 is 0.735 bits per heavy atom. The second-order valence-electron chi connectivity index (χ2n) is 15.6. The number of ether oxygens (including phenoxy) is 10. The van der Waals surface area contributed by atoms with E-state index in [0.717, 1.165) is 63.5 Å². The lowest BCUT2D eigenvalue weighted by Gasteiger charge is -2.17. The Morgan fingerprint density at radius 3 is 1.07 bits per heavy atom. The Hall–Kier alpha value is -7.30. The highest BCUT2D eigenvalue weighted by Crippen LogP contribution is 2.32. The lowest BCUT2D eigenvalue weighted by atomic mass is 10.1. The van der Waals surface area contributed by atoms with Crippen LogP contribution in [0.2, 0.25) is 0 Å². The molecule has 2 saturated heterocycles. The molecule has 0 N–H and O–H groups in total. The van der Waals surface area contributed by atoms with Gasteiger partial charge < -0.3 is 47.4 Å². The molecule has 0 radical (unpaired) electrons. The zero-order chi connectivity index (χ0) is 48.1. The van der Waals surface area contributed by atoms with Gasteiger partial charge in [-0.1, -0.05) is 13.2 Å². The molecule has 0 bridgehead atoms. The maximum absolute atomic E-state index is 13.1. The molecule has 0 spiro atoms. The van der Waals surface area contributed by atoms with Crippen molar-refractivity contribution in [2.45, 2.75) is 75.8 Å². The Kier molecular flexibility index (Phi) is 19.3. The summed E-state index contributed by atoms with van der Waals surface area (Å²) in [6, 6.07) is 25.0. The van der Waals surface area contributed by atoms with E-state index in [0.29, 0.717) is 49.1 Å². The summed E-state index contributed by atoms with van der Waals surface area (Å²) >= 11 is 0. The molecule has 4 atom stereocenters. The van der Waals surface area contributed by atoms with Crippen LogP contribution < -0.4 is 18.9 Å². The van der Waals surface area contributed by atoms with Crippen LogP contribution >= 0.6 is 0 Å². The molecular formula is C52H54O16. The van der Waals surface area contributed by atoms with Crippen LogP contribution in [-0.4, -0.2) is 99.9 Å². The number of benzene rings is 4. The van der Waals surface area contributed by atoms with Gasteiger partial charge in [-0.15, -0.1) is 0 Å². The quantitative estimate of drug-likeness (QED) is 0.0193. The van der Waals surface area contributed by atoms with Crippen molar-refractivity contribution >= 4 is 35.8 Å². The predicted molar refractivity (Wildman–Crippen MR) is 244 cm³/mol. The highest BCUT2D eigenvalue weighted by Gasteiger charge is 2.51. The van der Waals surface area contributed by atoms with Gasteiger partial charge in [0.05, 0.1) is 61.9 Å². The minimum absolute atomic E-state index is 0.0280. The molecule has 4 aromatic rings. The molecule has 68 heavy (non-hydrogen) atoms. The number of hydrogen-bond acceptors (Lipinski definition) is 16. The second kappa shape index (κ2) is 26.1. The average molecular weight is 935 g/mol. The zero-order valence-corrected chi connectivity index (χ0v) is 37.5. The maximum Gasteiger partial charge on any atom is 0.343 e. The van der Waals surface area contributed by atoms with Crippen LogP contribution in [0.25, 0.3) is 0 Å². The van der Waals surface area contributed by atoms with E-state index in [-0.39, 0.29) is 35.8 Å². The molecule has 2 aliphatic rings. The van der Waals surface area contributed by atoms with Crippen molar-refractivity contribution in [3.63, 3.8) is 0 Å². The number of esters is 6. The second-order valence-corrected chi connectivity index (χ2v) is 15.6. The summed E-state index contributed by atoms with van der Waals surface area (Å²) < 4.78 is 55.6. The maximum atomic E-state index is 13.1. The average Bonchev–Trinajstić information content (AvgIpc) is 3.96. The molecule has 0 amide bonds. The molecule has 16 nitrogen and oxygen atoms in total. The number of carbonyl (C=O) groups is 6. The first-order chi connectivity index (χ1) is 33.1.